The first-order valence-corrected chi connectivity index (χ1v) is 10.5. The number of carbonyl (C=O) groups is 2. The zero-order chi connectivity index (χ0) is 21.1. The van der Waals surface area contributed by atoms with Crippen LogP contribution < -0.4 is 15.5 Å². The summed E-state index contributed by atoms with van der Waals surface area (Å²) in [5.41, 5.74) is 0.719. The van der Waals surface area contributed by atoms with Gasteiger partial charge in [-0.1, -0.05) is 41.9 Å². The molecule has 3 N–H and O–H groups in total. The van der Waals surface area contributed by atoms with Gasteiger partial charge in [0.15, 0.2) is 6.35 Å². The molecule has 0 aromatic heterocycles. The molecule has 2 unspecified atom stereocenters. The maximum absolute atomic E-state index is 12.9. The Morgan fingerprint density at radius 2 is 1.73 bits per heavy atom. The van der Waals surface area contributed by atoms with Crippen molar-refractivity contribution in [1.82, 2.24) is 15.5 Å². The van der Waals surface area contributed by atoms with Crippen molar-refractivity contribution in [2.75, 3.05) is 31.1 Å². The van der Waals surface area contributed by atoms with E-state index in [1.807, 2.05) is 59.5 Å². The average Bonchev–Trinajstić information content (AvgIpc) is 3.07. The van der Waals surface area contributed by atoms with Gasteiger partial charge in [-0.25, -0.2) is 0 Å². The lowest BCUT2D eigenvalue weighted by Gasteiger charge is -2.36. The molecule has 0 bridgehead atoms. The van der Waals surface area contributed by atoms with E-state index in [9.17, 15) is 14.7 Å². The Bertz CT molecular complexity index is 900. The van der Waals surface area contributed by atoms with Gasteiger partial charge in [0.25, 0.3) is 0 Å². The quantitative estimate of drug-likeness (QED) is 0.674. The summed E-state index contributed by atoms with van der Waals surface area (Å²) < 4.78 is 0. The molecule has 2 atom stereocenters. The molecular weight excluding hydrogens is 404 g/mol. The van der Waals surface area contributed by atoms with Gasteiger partial charge in [-0.3, -0.25) is 14.9 Å². The summed E-state index contributed by atoms with van der Waals surface area (Å²) in [6, 6.07) is 16.9. The van der Waals surface area contributed by atoms with Gasteiger partial charge in [-0.2, -0.15) is 0 Å². The van der Waals surface area contributed by atoms with Gasteiger partial charge < -0.3 is 20.2 Å². The molecule has 2 heterocycles. The van der Waals surface area contributed by atoms with Crippen molar-refractivity contribution in [2.24, 2.45) is 0 Å². The molecule has 4 rings (SSSR count). The largest absolute Gasteiger partial charge is 0.368 e. The summed E-state index contributed by atoms with van der Waals surface area (Å²) >= 11 is 5.96. The topological polar surface area (TPSA) is 84.9 Å². The Kier molecular flexibility index (Phi) is 5.94. The summed E-state index contributed by atoms with van der Waals surface area (Å²) in [5.74, 6) is -0.307. The van der Waals surface area contributed by atoms with Crippen LogP contribution in [-0.4, -0.2) is 54.4 Å². The van der Waals surface area contributed by atoms with Crippen LogP contribution in [0.3, 0.4) is 0 Å². The Balaban J connectivity index is 1.38. The lowest BCUT2D eigenvalue weighted by atomic mass is 9.85. The maximum atomic E-state index is 12.9. The van der Waals surface area contributed by atoms with Crippen LogP contribution in [0.4, 0.5) is 5.69 Å². The van der Waals surface area contributed by atoms with E-state index >= 15 is 0 Å². The summed E-state index contributed by atoms with van der Waals surface area (Å²) in [7, 11) is 0. The highest BCUT2D eigenvalue weighted by atomic mass is 35.5. The van der Waals surface area contributed by atoms with E-state index in [0.717, 1.165) is 24.3 Å². The number of nitrogens with one attached hydrogen (secondary N) is 2. The highest BCUT2D eigenvalue weighted by Gasteiger charge is 2.47. The average molecular weight is 429 g/mol. The molecule has 2 aliphatic rings. The van der Waals surface area contributed by atoms with Crippen molar-refractivity contribution in [1.29, 1.82) is 0 Å². The first kappa shape index (κ1) is 20.7. The normalized spacial score (nSPS) is 24.1. The van der Waals surface area contributed by atoms with Crippen molar-refractivity contribution in [3.8, 4) is 0 Å². The predicted octanol–water partition coefficient (Wildman–Crippen LogP) is 1.66. The number of aliphatic hydroxyl groups excluding tert-OH is 1. The molecule has 2 fully saturated rings. The fourth-order valence-corrected chi connectivity index (χ4v) is 4.29. The molecule has 30 heavy (non-hydrogen) atoms. The van der Waals surface area contributed by atoms with Crippen LogP contribution in [0.15, 0.2) is 54.6 Å². The molecule has 0 aliphatic carbocycles. The second-order valence-corrected chi connectivity index (χ2v) is 8.07. The summed E-state index contributed by atoms with van der Waals surface area (Å²) in [5, 5.41) is 16.0. The van der Waals surface area contributed by atoms with Gasteiger partial charge in [-0.05, 0) is 36.2 Å². The molecule has 0 saturated carbocycles. The van der Waals surface area contributed by atoms with E-state index in [4.69, 9.17) is 11.6 Å². The van der Waals surface area contributed by atoms with Crippen LogP contribution in [0.5, 0.6) is 0 Å². The fraction of sp³-hybridized carbons (Fsp3) is 0.364. The van der Waals surface area contributed by atoms with Gasteiger partial charge in [0, 0.05) is 43.3 Å². The maximum Gasteiger partial charge on any atom is 0.248 e. The molecule has 2 aliphatic heterocycles. The first-order chi connectivity index (χ1) is 14.5. The number of anilines is 1. The number of piperazine rings is 1. The van der Waals surface area contributed by atoms with Gasteiger partial charge in [0.1, 0.15) is 5.54 Å². The third-order valence-electron chi connectivity index (χ3n) is 5.84. The van der Waals surface area contributed by atoms with E-state index in [-0.39, 0.29) is 24.7 Å². The molecule has 7 nitrogen and oxygen atoms in total. The number of hydrogen-bond donors (Lipinski definition) is 3. The molecule has 2 aromatic rings. The molecule has 2 aromatic carbocycles. The number of halogens is 1. The van der Waals surface area contributed by atoms with Crippen molar-refractivity contribution in [3.63, 3.8) is 0 Å². The third-order valence-corrected chi connectivity index (χ3v) is 6.10. The van der Waals surface area contributed by atoms with Crippen LogP contribution in [0, 0.1) is 0 Å². The number of aliphatic hydroxyl groups is 1. The van der Waals surface area contributed by atoms with Gasteiger partial charge in [0.2, 0.25) is 11.8 Å². The number of amides is 2. The van der Waals surface area contributed by atoms with Crippen LogP contribution in [0.25, 0.3) is 0 Å². The van der Waals surface area contributed by atoms with Crippen molar-refractivity contribution in [2.45, 2.75) is 24.7 Å². The Hall–Kier alpha value is -2.61. The summed E-state index contributed by atoms with van der Waals surface area (Å²) in [4.78, 5) is 29.6. The Labute approximate surface area is 180 Å². The molecule has 2 amide bonds. The Morgan fingerprint density at radius 1 is 1.07 bits per heavy atom. The van der Waals surface area contributed by atoms with Crippen molar-refractivity contribution >= 4 is 29.1 Å². The van der Waals surface area contributed by atoms with Crippen LogP contribution in [0.1, 0.15) is 18.4 Å². The molecule has 158 valence electrons. The number of rotatable bonds is 5. The van der Waals surface area contributed by atoms with Crippen molar-refractivity contribution in [3.05, 3.63) is 65.2 Å². The minimum absolute atomic E-state index is 0.0112. The van der Waals surface area contributed by atoms with Gasteiger partial charge in [-0.15, -0.1) is 0 Å². The third kappa shape index (κ3) is 4.14. The van der Waals surface area contributed by atoms with Crippen LogP contribution >= 0.6 is 11.6 Å². The summed E-state index contributed by atoms with van der Waals surface area (Å²) in [6.07, 6.45) is -0.644. The van der Waals surface area contributed by atoms with E-state index in [1.165, 1.54) is 0 Å². The smallest absolute Gasteiger partial charge is 0.248 e. The Morgan fingerprint density at radius 3 is 2.33 bits per heavy atom. The van der Waals surface area contributed by atoms with Crippen LogP contribution in [0.2, 0.25) is 5.02 Å². The number of hydrogen-bond acceptors (Lipinski definition) is 5. The van der Waals surface area contributed by atoms with Crippen LogP contribution in [-0.2, 0) is 15.1 Å². The first-order valence-electron chi connectivity index (χ1n) is 10.1. The molecule has 2 saturated heterocycles. The lowest BCUT2D eigenvalue weighted by molar-refractivity contribution is -0.132. The molecular formula is C22H25ClN4O3. The highest BCUT2D eigenvalue weighted by Crippen LogP contribution is 2.31. The van der Waals surface area contributed by atoms with Gasteiger partial charge >= 0.3 is 0 Å². The molecule has 0 radical (unpaired) electrons. The SMILES string of the molecule is O=C(CCC1(c2ccccc2)NC(O)NC1=O)N1CCN(c2ccc(Cl)cc2)CC1. The molecule has 0 spiro atoms. The van der Waals surface area contributed by atoms with Gasteiger partial charge in [0.05, 0.1) is 0 Å². The number of benzene rings is 2. The minimum atomic E-state index is -1.13. The number of carbonyl (C=O) groups excluding carboxylic acids is 2. The zero-order valence-electron chi connectivity index (χ0n) is 16.6. The van der Waals surface area contributed by atoms with Crippen molar-refractivity contribution < 1.29 is 14.7 Å². The lowest BCUT2D eigenvalue weighted by Crippen LogP contribution is -2.50. The second kappa shape index (κ2) is 8.63. The second-order valence-electron chi connectivity index (χ2n) is 7.64. The molecule has 8 heteroatoms. The summed E-state index contributed by atoms with van der Waals surface area (Å²) in [6.45, 7) is 2.74. The highest BCUT2D eigenvalue weighted by molar-refractivity contribution is 6.30. The minimum Gasteiger partial charge on any atom is -0.368 e. The van der Waals surface area contributed by atoms with E-state index in [2.05, 4.69) is 15.5 Å². The standard InChI is InChI=1S/C22H25ClN4O3/c23-17-6-8-18(9-7-17)26-12-14-27(15-13-26)19(28)10-11-22(16-4-2-1-3-5-16)20(29)24-21(30)25-22/h1-9,21,25,30H,10-15H2,(H,24,29). The zero-order valence-corrected chi connectivity index (χ0v) is 17.3. The predicted molar refractivity (Wildman–Crippen MR) is 115 cm³/mol. The van der Waals surface area contributed by atoms with E-state index < -0.39 is 11.9 Å². The van der Waals surface area contributed by atoms with E-state index in [0.29, 0.717) is 18.1 Å². The monoisotopic (exact) mass is 428 g/mol. The van der Waals surface area contributed by atoms with E-state index in [1.54, 1.807) is 0 Å². The fourth-order valence-electron chi connectivity index (χ4n) is 4.17. The number of nitrogens with zero attached hydrogens (tertiary/aromatic N) is 2.